The Kier molecular flexibility index (Phi) is 5.02. The highest BCUT2D eigenvalue weighted by Crippen LogP contribution is 2.25. The summed E-state index contributed by atoms with van der Waals surface area (Å²) < 4.78 is 5.08. The molecule has 1 aromatic heterocycles. The average molecular weight is 303 g/mol. The van der Waals surface area contributed by atoms with Gasteiger partial charge in [0.25, 0.3) is 5.91 Å². The van der Waals surface area contributed by atoms with Crippen LogP contribution in [0.2, 0.25) is 10.0 Å². The topological polar surface area (TPSA) is 42.4 Å². The number of nitrogens with zero attached hydrogens (tertiary/aromatic N) is 2. The third kappa shape index (κ3) is 3.38. The summed E-state index contributed by atoms with van der Waals surface area (Å²) in [5.74, 6) is -0.0860. The van der Waals surface area contributed by atoms with Gasteiger partial charge in [0, 0.05) is 32.5 Å². The Hall–Kier alpha value is -0.840. The van der Waals surface area contributed by atoms with Gasteiger partial charge >= 0.3 is 0 Å². The van der Waals surface area contributed by atoms with Crippen LogP contribution >= 0.6 is 23.2 Å². The quantitative estimate of drug-likeness (QED) is 0.858. The van der Waals surface area contributed by atoms with Crippen molar-refractivity contribution in [2.45, 2.75) is 25.3 Å². The molecule has 1 unspecified atom stereocenters. The lowest BCUT2D eigenvalue weighted by Crippen LogP contribution is -2.36. The number of hydrogen-bond donors (Lipinski definition) is 0. The number of rotatable bonds is 4. The van der Waals surface area contributed by atoms with Crippen LogP contribution in [0.4, 0.5) is 0 Å². The lowest BCUT2D eigenvalue weighted by molar-refractivity contribution is 0.0697. The monoisotopic (exact) mass is 302 g/mol. The molecule has 6 heteroatoms. The van der Waals surface area contributed by atoms with Crippen LogP contribution in [0.15, 0.2) is 12.3 Å². The van der Waals surface area contributed by atoms with Crippen molar-refractivity contribution in [3.05, 3.63) is 28.0 Å². The van der Waals surface area contributed by atoms with E-state index in [9.17, 15) is 4.79 Å². The minimum Gasteiger partial charge on any atom is -0.385 e. The molecule has 4 nitrogen and oxygen atoms in total. The molecule has 104 valence electrons. The number of aromatic nitrogens is 1. The number of pyridine rings is 1. The molecular formula is C13H16Cl2N2O2. The van der Waals surface area contributed by atoms with E-state index in [0.29, 0.717) is 22.3 Å². The van der Waals surface area contributed by atoms with Crippen molar-refractivity contribution in [2.24, 2.45) is 0 Å². The van der Waals surface area contributed by atoms with Gasteiger partial charge in [0.1, 0.15) is 5.69 Å². The fraction of sp³-hybridized carbons (Fsp3) is 0.538. The fourth-order valence-corrected chi connectivity index (χ4v) is 2.59. The minimum absolute atomic E-state index is 0.0860. The number of carbonyl (C=O) groups is 1. The molecule has 0 saturated carbocycles. The normalized spacial score (nSPS) is 18.9. The van der Waals surface area contributed by atoms with Crippen LogP contribution in [0.3, 0.4) is 0 Å². The summed E-state index contributed by atoms with van der Waals surface area (Å²) in [7, 11) is 1.67. The maximum atomic E-state index is 12.4. The van der Waals surface area contributed by atoms with E-state index in [0.717, 1.165) is 25.8 Å². The van der Waals surface area contributed by atoms with Gasteiger partial charge < -0.3 is 9.64 Å². The molecule has 0 aliphatic carbocycles. The summed E-state index contributed by atoms with van der Waals surface area (Å²) in [6.45, 7) is 1.42. The first-order valence-corrected chi connectivity index (χ1v) is 7.00. The zero-order chi connectivity index (χ0) is 13.8. The Bertz CT molecular complexity index is 468. The molecule has 2 rings (SSSR count). The Morgan fingerprint density at radius 3 is 3.00 bits per heavy atom. The van der Waals surface area contributed by atoms with Crippen molar-refractivity contribution >= 4 is 29.1 Å². The van der Waals surface area contributed by atoms with E-state index in [2.05, 4.69) is 4.98 Å². The van der Waals surface area contributed by atoms with Gasteiger partial charge in [-0.25, -0.2) is 4.98 Å². The van der Waals surface area contributed by atoms with Crippen LogP contribution < -0.4 is 0 Å². The van der Waals surface area contributed by atoms with Gasteiger partial charge in [-0.1, -0.05) is 23.2 Å². The van der Waals surface area contributed by atoms with Crippen molar-refractivity contribution < 1.29 is 9.53 Å². The predicted octanol–water partition coefficient (Wildman–Crippen LogP) is 3.03. The lowest BCUT2D eigenvalue weighted by Gasteiger charge is -2.24. The Morgan fingerprint density at radius 1 is 1.53 bits per heavy atom. The standard InChI is InChI=1S/C13H16Cl2N2O2/c1-19-6-4-9-3-2-5-17(9)13(18)12-7-10(14)11(15)8-16-12/h7-9H,2-6H2,1H3. The van der Waals surface area contributed by atoms with Crippen LogP contribution in [0.5, 0.6) is 0 Å². The van der Waals surface area contributed by atoms with E-state index in [1.807, 2.05) is 4.90 Å². The number of hydrogen-bond acceptors (Lipinski definition) is 3. The molecule has 19 heavy (non-hydrogen) atoms. The highest BCUT2D eigenvalue weighted by molar-refractivity contribution is 6.42. The molecule has 1 fully saturated rings. The summed E-state index contributed by atoms with van der Waals surface area (Å²) >= 11 is 11.7. The van der Waals surface area contributed by atoms with Gasteiger partial charge in [-0.05, 0) is 25.3 Å². The predicted molar refractivity (Wildman–Crippen MR) is 74.8 cm³/mol. The van der Waals surface area contributed by atoms with Crippen molar-refractivity contribution in [1.29, 1.82) is 0 Å². The van der Waals surface area contributed by atoms with E-state index in [4.69, 9.17) is 27.9 Å². The number of amides is 1. The molecule has 1 atom stereocenters. The highest BCUT2D eigenvalue weighted by atomic mass is 35.5. The number of ether oxygens (including phenoxy) is 1. The van der Waals surface area contributed by atoms with Gasteiger partial charge in [0.2, 0.25) is 0 Å². The van der Waals surface area contributed by atoms with E-state index in [1.54, 1.807) is 7.11 Å². The fourth-order valence-electron chi connectivity index (χ4n) is 2.34. The maximum Gasteiger partial charge on any atom is 0.272 e. The van der Waals surface area contributed by atoms with Gasteiger partial charge in [0.05, 0.1) is 10.0 Å². The summed E-state index contributed by atoms with van der Waals surface area (Å²) in [5.41, 5.74) is 0.346. The molecule has 0 N–H and O–H groups in total. The van der Waals surface area contributed by atoms with E-state index in [1.165, 1.54) is 12.3 Å². The molecule has 0 bridgehead atoms. The van der Waals surface area contributed by atoms with Crippen molar-refractivity contribution in [3.63, 3.8) is 0 Å². The van der Waals surface area contributed by atoms with Crippen LogP contribution in [0.1, 0.15) is 29.8 Å². The molecule has 1 saturated heterocycles. The number of halogens is 2. The third-order valence-corrected chi connectivity index (χ3v) is 4.03. The van der Waals surface area contributed by atoms with Gasteiger partial charge in [-0.3, -0.25) is 4.79 Å². The maximum absolute atomic E-state index is 12.4. The van der Waals surface area contributed by atoms with E-state index in [-0.39, 0.29) is 11.9 Å². The molecule has 1 aromatic rings. The van der Waals surface area contributed by atoms with Gasteiger partial charge in [-0.15, -0.1) is 0 Å². The smallest absolute Gasteiger partial charge is 0.272 e. The van der Waals surface area contributed by atoms with Crippen LogP contribution in [-0.2, 0) is 4.74 Å². The minimum atomic E-state index is -0.0860. The first kappa shape index (κ1) is 14.6. The average Bonchev–Trinajstić information content (AvgIpc) is 2.87. The SMILES string of the molecule is COCCC1CCCN1C(=O)c1cc(Cl)c(Cl)cn1. The molecule has 1 amide bonds. The van der Waals surface area contributed by atoms with Crippen molar-refractivity contribution in [3.8, 4) is 0 Å². The molecule has 0 spiro atoms. The van der Waals surface area contributed by atoms with E-state index >= 15 is 0 Å². The number of methoxy groups -OCH3 is 1. The second kappa shape index (κ2) is 6.55. The van der Waals surface area contributed by atoms with Crippen molar-refractivity contribution in [1.82, 2.24) is 9.88 Å². The molecule has 2 heterocycles. The summed E-state index contributed by atoms with van der Waals surface area (Å²) in [6.07, 6.45) is 4.29. The zero-order valence-corrected chi connectivity index (χ0v) is 12.2. The summed E-state index contributed by atoms with van der Waals surface area (Å²) in [4.78, 5) is 18.3. The second-order valence-corrected chi connectivity index (χ2v) is 5.37. The first-order chi connectivity index (χ1) is 9.13. The molecule has 1 aliphatic rings. The van der Waals surface area contributed by atoms with Crippen LogP contribution in [0.25, 0.3) is 0 Å². The number of carbonyl (C=O) groups excluding carboxylic acids is 1. The lowest BCUT2D eigenvalue weighted by atomic mass is 10.1. The first-order valence-electron chi connectivity index (χ1n) is 6.24. The third-order valence-electron chi connectivity index (χ3n) is 3.32. The Labute approximate surface area is 122 Å². The van der Waals surface area contributed by atoms with E-state index < -0.39 is 0 Å². The van der Waals surface area contributed by atoms with Gasteiger partial charge in [-0.2, -0.15) is 0 Å². The largest absolute Gasteiger partial charge is 0.385 e. The van der Waals surface area contributed by atoms with Crippen LogP contribution in [-0.4, -0.2) is 42.1 Å². The number of likely N-dealkylation sites (tertiary alicyclic amines) is 1. The summed E-state index contributed by atoms with van der Waals surface area (Å²) in [5, 5.41) is 0.711. The highest BCUT2D eigenvalue weighted by Gasteiger charge is 2.29. The second-order valence-electron chi connectivity index (χ2n) is 4.56. The van der Waals surface area contributed by atoms with Gasteiger partial charge in [0.15, 0.2) is 0 Å². The molecular weight excluding hydrogens is 287 g/mol. The Morgan fingerprint density at radius 2 is 2.32 bits per heavy atom. The van der Waals surface area contributed by atoms with Crippen molar-refractivity contribution in [2.75, 3.05) is 20.3 Å². The van der Waals surface area contributed by atoms with Crippen LogP contribution in [0, 0.1) is 0 Å². The summed E-state index contributed by atoms with van der Waals surface area (Å²) in [6, 6.07) is 1.75. The molecule has 0 radical (unpaired) electrons. The Balaban J connectivity index is 2.11. The zero-order valence-electron chi connectivity index (χ0n) is 10.7. The molecule has 0 aromatic carbocycles. The molecule has 1 aliphatic heterocycles.